The second kappa shape index (κ2) is 9.55. The topological polar surface area (TPSA) is 139 Å². The molecule has 2 aliphatic heterocycles. The Balaban J connectivity index is 1.41. The van der Waals surface area contributed by atoms with E-state index < -0.39 is 40.6 Å². The minimum atomic E-state index is -3.94. The molecule has 1 atom stereocenters. The van der Waals surface area contributed by atoms with Crippen LogP contribution in [0.3, 0.4) is 0 Å². The van der Waals surface area contributed by atoms with Gasteiger partial charge in [0, 0.05) is 0 Å². The molecule has 3 aromatic carbocycles. The first-order valence-electron chi connectivity index (χ1n) is 11.5. The molecule has 12 heteroatoms. The SMILES string of the molecule is N[C@@H](Cc1cccc(S(=O)(=O)N2CC(Oc3ccc4c(c3)COB4O)(c3ccc(F)cc3)C2)c1)C(=O)O. The zero-order chi connectivity index (χ0) is 26.4. The van der Waals surface area contributed by atoms with Crippen molar-refractivity contribution in [3.05, 3.63) is 89.2 Å². The van der Waals surface area contributed by atoms with Crippen LogP contribution < -0.4 is 15.9 Å². The third-order valence-corrected chi connectivity index (χ3v) is 8.42. The zero-order valence-corrected chi connectivity index (χ0v) is 20.4. The van der Waals surface area contributed by atoms with Crippen molar-refractivity contribution >= 4 is 28.6 Å². The number of nitrogens with zero attached hydrogens (tertiary/aromatic N) is 1. The van der Waals surface area contributed by atoms with Crippen LogP contribution in [0.25, 0.3) is 0 Å². The molecule has 0 bridgehead atoms. The van der Waals surface area contributed by atoms with E-state index in [1.807, 2.05) is 0 Å². The highest BCUT2D eigenvalue weighted by Gasteiger charge is 2.52. The van der Waals surface area contributed by atoms with Crippen molar-refractivity contribution in [2.24, 2.45) is 5.73 Å². The van der Waals surface area contributed by atoms with Gasteiger partial charge in [-0.15, -0.1) is 0 Å². The molecular formula is C25H24BFN2O7S. The van der Waals surface area contributed by atoms with E-state index in [-0.39, 0.29) is 31.0 Å². The van der Waals surface area contributed by atoms with Gasteiger partial charge in [0.1, 0.15) is 17.6 Å². The van der Waals surface area contributed by atoms with Gasteiger partial charge in [0.15, 0.2) is 5.60 Å². The molecule has 4 N–H and O–H groups in total. The number of hydrogen-bond acceptors (Lipinski definition) is 7. The molecule has 5 rings (SSSR count). The summed E-state index contributed by atoms with van der Waals surface area (Å²) in [6, 6.07) is 15.7. The maximum absolute atomic E-state index is 13.6. The standard InChI is InChI=1S/C25H24BFN2O7S/c27-19-6-4-18(5-7-19)25(36-20-8-9-22-17(12-20)13-35-26(22)32)14-29(15-25)37(33,34)21-3-1-2-16(10-21)11-23(28)24(30)31/h1-10,12,23,32H,11,13-15,28H2,(H,30,31)/t23-/m0/s1. The molecule has 0 radical (unpaired) electrons. The third kappa shape index (κ3) is 4.86. The van der Waals surface area contributed by atoms with E-state index in [0.717, 1.165) is 5.56 Å². The highest BCUT2D eigenvalue weighted by molar-refractivity contribution is 7.89. The summed E-state index contributed by atoms with van der Waals surface area (Å²) in [6.45, 7) is 0.158. The number of hydrogen-bond donors (Lipinski definition) is 3. The van der Waals surface area contributed by atoms with Crippen LogP contribution in [0.15, 0.2) is 71.6 Å². The predicted molar refractivity (Wildman–Crippen MR) is 132 cm³/mol. The van der Waals surface area contributed by atoms with Crippen molar-refractivity contribution in [1.29, 1.82) is 0 Å². The summed E-state index contributed by atoms with van der Waals surface area (Å²) < 4.78 is 53.3. The van der Waals surface area contributed by atoms with Crippen molar-refractivity contribution in [3.8, 4) is 5.75 Å². The molecule has 0 unspecified atom stereocenters. The number of rotatable bonds is 8. The lowest BCUT2D eigenvalue weighted by molar-refractivity contribution is -0.138. The summed E-state index contributed by atoms with van der Waals surface area (Å²) in [6.07, 6.45) is -0.0158. The van der Waals surface area contributed by atoms with Crippen LogP contribution in [0.1, 0.15) is 16.7 Å². The molecule has 192 valence electrons. The second-order valence-electron chi connectivity index (χ2n) is 9.20. The molecule has 3 aromatic rings. The maximum Gasteiger partial charge on any atom is 0.491 e. The van der Waals surface area contributed by atoms with E-state index in [9.17, 15) is 22.6 Å². The number of halogens is 1. The highest BCUT2D eigenvalue weighted by Crippen LogP contribution is 2.40. The molecule has 0 amide bonds. The lowest BCUT2D eigenvalue weighted by Crippen LogP contribution is -2.64. The van der Waals surface area contributed by atoms with E-state index in [4.69, 9.17) is 20.2 Å². The fourth-order valence-corrected chi connectivity index (χ4v) is 6.18. The molecule has 1 saturated heterocycles. The van der Waals surface area contributed by atoms with Crippen LogP contribution in [-0.2, 0) is 38.1 Å². The molecule has 37 heavy (non-hydrogen) atoms. The van der Waals surface area contributed by atoms with Gasteiger partial charge in [-0.25, -0.2) is 12.8 Å². The van der Waals surface area contributed by atoms with E-state index in [1.54, 1.807) is 42.5 Å². The molecule has 0 saturated carbocycles. The second-order valence-corrected chi connectivity index (χ2v) is 11.1. The minimum absolute atomic E-state index is 0.0129. The van der Waals surface area contributed by atoms with Gasteiger partial charge >= 0.3 is 13.1 Å². The molecule has 0 aliphatic carbocycles. The quantitative estimate of drug-likeness (QED) is 0.369. The van der Waals surface area contributed by atoms with Gasteiger partial charge in [0.05, 0.1) is 24.6 Å². The van der Waals surface area contributed by atoms with E-state index in [1.165, 1.54) is 28.6 Å². The van der Waals surface area contributed by atoms with E-state index >= 15 is 0 Å². The Morgan fingerprint density at radius 2 is 1.89 bits per heavy atom. The minimum Gasteiger partial charge on any atom is -0.480 e. The first-order chi connectivity index (χ1) is 17.6. The fraction of sp³-hybridized carbons (Fsp3) is 0.240. The van der Waals surface area contributed by atoms with Crippen molar-refractivity contribution in [2.45, 2.75) is 29.6 Å². The summed E-state index contributed by atoms with van der Waals surface area (Å²) in [7, 11) is -4.94. The summed E-state index contributed by atoms with van der Waals surface area (Å²) >= 11 is 0. The number of fused-ring (bicyclic) bond motifs is 1. The molecule has 0 spiro atoms. The van der Waals surface area contributed by atoms with Crippen LogP contribution in [-0.4, -0.2) is 55.1 Å². The van der Waals surface area contributed by atoms with Gasteiger partial charge in [-0.2, -0.15) is 4.31 Å². The third-order valence-electron chi connectivity index (χ3n) is 6.63. The first-order valence-corrected chi connectivity index (χ1v) is 13.0. The Morgan fingerprint density at radius 3 is 2.59 bits per heavy atom. The summed E-state index contributed by atoms with van der Waals surface area (Å²) in [5.41, 5.74) is 7.03. The molecular weight excluding hydrogens is 502 g/mol. The molecule has 0 aromatic heterocycles. The van der Waals surface area contributed by atoms with Crippen molar-refractivity contribution in [3.63, 3.8) is 0 Å². The number of carboxylic acid groups (broad SMARTS) is 1. The number of carboxylic acids is 1. The number of carbonyl (C=O) groups is 1. The molecule has 1 fully saturated rings. The van der Waals surface area contributed by atoms with Gasteiger partial charge in [-0.05, 0) is 65.0 Å². The molecule has 2 aliphatic rings. The lowest BCUT2D eigenvalue weighted by Gasteiger charge is -2.49. The maximum atomic E-state index is 13.6. The smallest absolute Gasteiger partial charge is 0.480 e. The fourth-order valence-electron chi connectivity index (χ4n) is 4.57. The Hall–Kier alpha value is -3.29. The zero-order valence-electron chi connectivity index (χ0n) is 19.6. The molecule has 2 heterocycles. The summed E-state index contributed by atoms with van der Waals surface area (Å²) in [5.74, 6) is -1.14. The Morgan fingerprint density at radius 1 is 1.16 bits per heavy atom. The number of aliphatic carboxylic acids is 1. The van der Waals surface area contributed by atoms with Crippen LogP contribution in [0.5, 0.6) is 5.75 Å². The van der Waals surface area contributed by atoms with Crippen LogP contribution in [0.2, 0.25) is 0 Å². The van der Waals surface area contributed by atoms with Crippen molar-refractivity contribution in [1.82, 2.24) is 4.31 Å². The monoisotopic (exact) mass is 526 g/mol. The largest absolute Gasteiger partial charge is 0.491 e. The number of benzene rings is 3. The average molecular weight is 526 g/mol. The Kier molecular flexibility index (Phi) is 6.54. The van der Waals surface area contributed by atoms with Gasteiger partial charge in [-0.3, -0.25) is 4.79 Å². The van der Waals surface area contributed by atoms with Crippen LogP contribution in [0.4, 0.5) is 4.39 Å². The van der Waals surface area contributed by atoms with Crippen molar-refractivity contribution in [2.75, 3.05) is 13.1 Å². The number of ether oxygens (including phenoxy) is 1. The van der Waals surface area contributed by atoms with E-state index in [2.05, 4.69) is 0 Å². The van der Waals surface area contributed by atoms with Crippen LogP contribution >= 0.6 is 0 Å². The van der Waals surface area contributed by atoms with Gasteiger partial charge in [-0.1, -0.05) is 30.3 Å². The number of sulfonamides is 1. The molecule has 9 nitrogen and oxygen atoms in total. The first kappa shape index (κ1) is 25.4. The van der Waals surface area contributed by atoms with Gasteiger partial charge < -0.3 is 25.3 Å². The summed E-state index contributed by atoms with van der Waals surface area (Å²) in [5, 5.41) is 19.0. The lowest BCUT2D eigenvalue weighted by atomic mass is 9.79. The van der Waals surface area contributed by atoms with Gasteiger partial charge in [0.25, 0.3) is 0 Å². The van der Waals surface area contributed by atoms with Crippen molar-refractivity contribution < 1.29 is 37.1 Å². The predicted octanol–water partition coefficient (Wildman–Crippen LogP) is 0.977. The Bertz CT molecular complexity index is 1450. The Labute approximate surface area is 213 Å². The number of nitrogens with two attached hydrogens (primary N) is 1. The van der Waals surface area contributed by atoms with Crippen LogP contribution in [0, 0.1) is 5.82 Å². The van der Waals surface area contributed by atoms with Gasteiger partial charge in [0.2, 0.25) is 10.0 Å². The highest BCUT2D eigenvalue weighted by atomic mass is 32.2. The normalized spacial score (nSPS) is 17.6. The average Bonchev–Trinajstić information content (AvgIpc) is 3.21. The summed E-state index contributed by atoms with van der Waals surface area (Å²) in [4.78, 5) is 11.1. The van der Waals surface area contributed by atoms with E-state index in [0.29, 0.717) is 22.3 Å².